The molecular formula is C37H36F3N3O3. The number of furan rings is 1. The predicted octanol–water partition coefficient (Wildman–Crippen LogP) is 8.37. The number of hydrogen-bond donors (Lipinski definition) is 1. The van der Waals surface area contributed by atoms with Crippen molar-refractivity contribution in [2.75, 3.05) is 13.1 Å². The normalized spacial score (nSPS) is 15.7. The van der Waals surface area contributed by atoms with Crippen molar-refractivity contribution in [2.45, 2.75) is 39.2 Å². The molecule has 2 amide bonds. The quantitative estimate of drug-likeness (QED) is 0.171. The third-order valence-corrected chi connectivity index (χ3v) is 7.36. The fourth-order valence-corrected chi connectivity index (χ4v) is 4.78. The van der Waals surface area contributed by atoms with E-state index in [4.69, 9.17) is 4.42 Å². The van der Waals surface area contributed by atoms with Gasteiger partial charge in [0, 0.05) is 60.9 Å². The highest BCUT2D eigenvalue weighted by Gasteiger charge is 2.35. The highest BCUT2D eigenvalue weighted by atomic mass is 19.3. The van der Waals surface area contributed by atoms with Crippen LogP contribution < -0.4 is 5.32 Å². The van der Waals surface area contributed by atoms with E-state index in [1.807, 2.05) is 18.2 Å². The number of rotatable bonds is 11. The number of piperidine rings is 1. The second-order valence-electron chi connectivity index (χ2n) is 10.9. The Morgan fingerprint density at radius 3 is 2.52 bits per heavy atom. The highest BCUT2D eigenvalue weighted by molar-refractivity contribution is 5.98. The molecule has 0 saturated carbocycles. The van der Waals surface area contributed by atoms with Gasteiger partial charge in [0.1, 0.15) is 11.3 Å². The van der Waals surface area contributed by atoms with Gasteiger partial charge in [-0.2, -0.15) is 0 Å². The molecule has 0 atom stereocenters. The molecule has 4 rings (SSSR count). The van der Waals surface area contributed by atoms with E-state index in [9.17, 15) is 22.8 Å². The van der Waals surface area contributed by atoms with E-state index in [2.05, 4.69) is 23.5 Å². The molecule has 1 saturated heterocycles. The zero-order valence-electron chi connectivity index (χ0n) is 25.9. The van der Waals surface area contributed by atoms with Crippen molar-refractivity contribution in [3.63, 3.8) is 0 Å². The van der Waals surface area contributed by atoms with Crippen molar-refractivity contribution in [1.29, 1.82) is 0 Å². The van der Waals surface area contributed by atoms with Crippen LogP contribution in [0.5, 0.6) is 0 Å². The average molecular weight is 628 g/mol. The van der Waals surface area contributed by atoms with E-state index >= 15 is 0 Å². The van der Waals surface area contributed by atoms with Gasteiger partial charge < -0.3 is 14.6 Å². The number of hydrogen-bond acceptors (Lipinski definition) is 4. The van der Waals surface area contributed by atoms with E-state index in [1.54, 1.807) is 67.9 Å². The fraction of sp³-hybridized carbons (Fsp3) is 0.216. The minimum Gasteiger partial charge on any atom is -0.459 e. The number of pyridine rings is 1. The Labute approximate surface area is 266 Å². The second-order valence-corrected chi connectivity index (χ2v) is 10.9. The molecule has 0 bridgehead atoms. The summed E-state index contributed by atoms with van der Waals surface area (Å²) in [6, 6.07) is 9.12. The van der Waals surface area contributed by atoms with Gasteiger partial charge in [-0.25, -0.2) is 13.2 Å². The van der Waals surface area contributed by atoms with Gasteiger partial charge in [-0.05, 0) is 78.6 Å². The summed E-state index contributed by atoms with van der Waals surface area (Å²) in [7, 11) is 0. The van der Waals surface area contributed by atoms with E-state index in [0.717, 1.165) is 10.9 Å². The molecule has 3 aromatic rings. The van der Waals surface area contributed by atoms with Crippen LogP contribution >= 0.6 is 0 Å². The number of nitrogens with one attached hydrogen (secondary N) is 1. The summed E-state index contributed by atoms with van der Waals surface area (Å²) in [6.45, 7) is 11.5. The lowest BCUT2D eigenvalue weighted by molar-refractivity contribution is -0.132. The monoisotopic (exact) mass is 627 g/mol. The molecule has 9 heteroatoms. The molecule has 0 aliphatic carbocycles. The minimum atomic E-state index is -2.75. The largest absolute Gasteiger partial charge is 0.459 e. The van der Waals surface area contributed by atoms with Gasteiger partial charge in [-0.15, -0.1) is 0 Å². The van der Waals surface area contributed by atoms with Crippen molar-refractivity contribution >= 4 is 40.0 Å². The lowest BCUT2D eigenvalue weighted by Crippen LogP contribution is -2.43. The summed E-state index contributed by atoms with van der Waals surface area (Å²) in [6.07, 6.45) is 15.1. The number of carbonyl (C=O) groups excluding carboxylic acids is 2. The third-order valence-electron chi connectivity index (χ3n) is 7.36. The third kappa shape index (κ3) is 9.17. The summed E-state index contributed by atoms with van der Waals surface area (Å²) in [4.78, 5) is 30.9. The maximum atomic E-state index is 13.6. The Morgan fingerprint density at radius 1 is 1.09 bits per heavy atom. The van der Waals surface area contributed by atoms with E-state index in [1.165, 1.54) is 24.0 Å². The smallest absolute Gasteiger partial charge is 0.253 e. The number of allylic oxidation sites excluding steroid dienone is 8. The Bertz CT molecular complexity index is 1760. The predicted molar refractivity (Wildman–Crippen MR) is 177 cm³/mol. The van der Waals surface area contributed by atoms with Gasteiger partial charge in [0.15, 0.2) is 0 Å². The minimum absolute atomic E-state index is 0.00515. The molecule has 0 radical (unpaired) electrons. The maximum Gasteiger partial charge on any atom is 0.253 e. The first kappa shape index (κ1) is 33.7. The first-order chi connectivity index (χ1) is 22.0. The average Bonchev–Trinajstić information content (AvgIpc) is 3.45. The Morgan fingerprint density at radius 2 is 1.85 bits per heavy atom. The number of halogens is 3. The fourth-order valence-electron chi connectivity index (χ4n) is 4.78. The zero-order chi connectivity index (χ0) is 33.3. The van der Waals surface area contributed by atoms with Crippen molar-refractivity contribution in [3.05, 3.63) is 132 Å². The molecule has 1 aromatic carbocycles. The number of likely N-dealkylation sites (tertiary alicyclic amines) is 1. The number of benzene rings is 1. The van der Waals surface area contributed by atoms with Crippen LogP contribution in [0.1, 0.15) is 49.1 Å². The lowest BCUT2D eigenvalue weighted by atomic mass is 9.97. The molecular weight excluding hydrogens is 591 g/mol. The van der Waals surface area contributed by atoms with Crippen molar-refractivity contribution in [2.24, 2.45) is 0 Å². The van der Waals surface area contributed by atoms with Gasteiger partial charge in [0.05, 0.1) is 12.4 Å². The maximum absolute atomic E-state index is 13.6. The van der Waals surface area contributed by atoms with Crippen molar-refractivity contribution in [1.82, 2.24) is 15.2 Å². The van der Waals surface area contributed by atoms with Crippen LogP contribution in [0.4, 0.5) is 13.2 Å². The van der Waals surface area contributed by atoms with Crippen molar-refractivity contribution < 1.29 is 27.2 Å². The lowest BCUT2D eigenvalue weighted by Gasteiger charge is -2.32. The summed E-state index contributed by atoms with van der Waals surface area (Å²) in [5, 5.41) is 3.53. The molecule has 2 aromatic heterocycles. The number of carbonyl (C=O) groups is 2. The second kappa shape index (κ2) is 15.2. The van der Waals surface area contributed by atoms with Crippen LogP contribution in [0.15, 0.2) is 114 Å². The molecule has 1 N–H and O–H groups in total. The van der Waals surface area contributed by atoms with E-state index in [0.29, 0.717) is 39.2 Å². The van der Waals surface area contributed by atoms with Crippen LogP contribution in [-0.4, -0.2) is 40.7 Å². The zero-order valence-corrected chi connectivity index (χ0v) is 25.9. The molecule has 0 spiro atoms. The van der Waals surface area contributed by atoms with Gasteiger partial charge in [0.25, 0.3) is 11.8 Å². The van der Waals surface area contributed by atoms with Crippen LogP contribution in [0.25, 0.3) is 28.2 Å². The summed E-state index contributed by atoms with van der Waals surface area (Å²) >= 11 is 0. The molecule has 0 unspecified atom stereocenters. The summed E-state index contributed by atoms with van der Waals surface area (Å²) in [5.74, 6) is -3.23. The number of aromatic nitrogens is 1. The molecule has 3 heterocycles. The Kier molecular flexibility index (Phi) is 11.1. The molecule has 238 valence electrons. The Balaban J connectivity index is 1.56. The number of nitrogens with zero attached hydrogens (tertiary/aromatic N) is 2. The van der Waals surface area contributed by atoms with Crippen LogP contribution in [0.3, 0.4) is 0 Å². The van der Waals surface area contributed by atoms with Gasteiger partial charge in [0.2, 0.25) is 5.91 Å². The van der Waals surface area contributed by atoms with Crippen molar-refractivity contribution in [3.8, 4) is 0 Å². The molecule has 6 nitrogen and oxygen atoms in total. The summed E-state index contributed by atoms with van der Waals surface area (Å²) in [5.41, 5.74) is 4.16. The topological polar surface area (TPSA) is 75.4 Å². The van der Waals surface area contributed by atoms with Gasteiger partial charge >= 0.3 is 0 Å². The van der Waals surface area contributed by atoms with Gasteiger partial charge in [-0.3, -0.25) is 14.6 Å². The van der Waals surface area contributed by atoms with E-state index in [-0.39, 0.29) is 50.1 Å². The summed E-state index contributed by atoms with van der Waals surface area (Å²) < 4.78 is 46.6. The van der Waals surface area contributed by atoms with Crippen LogP contribution in [0.2, 0.25) is 0 Å². The number of amides is 2. The highest BCUT2D eigenvalue weighted by Crippen LogP contribution is 2.33. The molecule has 46 heavy (non-hydrogen) atoms. The number of alkyl halides is 2. The van der Waals surface area contributed by atoms with Crippen LogP contribution in [-0.2, 0) is 16.1 Å². The van der Waals surface area contributed by atoms with Crippen LogP contribution in [0, 0.1) is 0 Å². The Hall–Kier alpha value is -5.18. The molecule has 1 fully saturated rings. The van der Waals surface area contributed by atoms with E-state index < -0.39 is 5.92 Å². The first-order valence-corrected chi connectivity index (χ1v) is 14.8. The SMILES string of the molecule is C=C(/C=C\C(=C/C)C(=O)N1CCC(F)(F)CC1)c1cc(C(=C)/C=C\C=C(/C)F)c2oc(CNC(=O)/C=C/c3cccnc3)cc2c1. The first-order valence-electron chi connectivity index (χ1n) is 14.8. The standard InChI is InChI=1S/C37H36F3N3O3/c1-5-29(36(45)43-18-15-37(39,40)16-19-43)13-11-25(2)30-20-31-21-32(24-42-34(44)14-12-28-10-7-17-41-23-28)46-35(31)33(22-30)26(3)8-6-9-27(4)38/h5-14,17,20-23H,2-3,15-16,18-19,24H2,1,4H3,(H,42,44)/b8-6-,13-11-,14-12+,27-9+,29-5+. The number of fused-ring (bicyclic) bond motifs is 1. The molecule has 1 aliphatic rings. The molecule has 1 aliphatic heterocycles. The van der Waals surface area contributed by atoms with Gasteiger partial charge in [-0.1, -0.05) is 43.5 Å².